The topological polar surface area (TPSA) is 15.8 Å². The maximum Gasteiger partial charge on any atom is 0 e. The third kappa shape index (κ3) is 1.50. The predicted molar refractivity (Wildman–Crippen MR) is 42.8 cm³/mol. The summed E-state index contributed by atoms with van der Waals surface area (Å²) in [5.41, 5.74) is 2.23. The molecule has 2 aromatic rings. The SMILES string of the molecule is [CH2-]c1c[nH]c2ccccc12.[Y]. The van der Waals surface area contributed by atoms with Crippen LogP contribution in [-0.2, 0) is 32.7 Å². The third-order valence-corrected chi connectivity index (χ3v) is 1.67. The van der Waals surface area contributed by atoms with Crippen molar-refractivity contribution in [2.24, 2.45) is 0 Å². The van der Waals surface area contributed by atoms with E-state index < -0.39 is 0 Å². The van der Waals surface area contributed by atoms with Crippen LogP contribution in [0.15, 0.2) is 30.5 Å². The number of nitrogens with one attached hydrogen (secondary N) is 1. The summed E-state index contributed by atoms with van der Waals surface area (Å²) in [6.07, 6.45) is 1.92. The molecule has 0 atom stereocenters. The summed E-state index contributed by atoms with van der Waals surface area (Å²) >= 11 is 0. The number of benzene rings is 1. The summed E-state index contributed by atoms with van der Waals surface area (Å²) < 4.78 is 0. The molecule has 1 nitrogen and oxygen atoms in total. The molecule has 0 fully saturated rings. The van der Waals surface area contributed by atoms with Gasteiger partial charge in [-0.25, -0.2) is 0 Å². The summed E-state index contributed by atoms with van der Waals surface area (Å²) in [5.74, 6) is 0. The summed E-state index contributed by atoms with van der Waals surface area (Å²) in [6.45, 7) is 3.88. The van der Waals surface area contributed by atoms with E-state index in [2.05, 4.69) is 18.0 Å². The number of rotatable bonds is 0. The van der Waals surface area contributed by atoms with Crippen molar-refractivity contribution in [3.8, 4) is 0 Å². The van der Waals surface area contributed by atoms with Crippen LogP contribution >= 0.6 is 0 Å². The van der Waals surface area contributed by atoms with Crippen molar-refractivity contribution >= 4 is 10.9 Å². The van der Waals surface area contributed by atoms with Crippen molar-refractivity contribution in [1.82, 2.24) is 4.98 Å². The molecule has 1 aromatic heterocycles. The van der Waals surface area contributed by atoms with Gasteiger partial charge in [-0.15, -0.1) is 17.6 Å². The molecule has 2 heteroatoms. The molecule has 1 aromatic carbocycles. The van der Waals surface area contributed by atoms with Crippen molar-refractivity contribution in [2.45, 2.75) is 0 Å². The maximum atomic E-state index is 3.88. The number of H-pyrrole nitrogens is 1. The maximum absolute atomic E-state index is 3.88. The second kappa shape index (κ2) is 3.42. The minimum Gasteiger partial charge on any atom is -0.424 e. The monoisotopic (exact) mass is 219 g/mol. The van der Waals surface area contributed by atoms with E-state index in [1.54, 1.807) is 0 Å². The molecule has 11 heavy (non-hydrogen) atoms. The Hall–Kier alpha value is -0.266. The van der Waals surface area contributed by atoms with E-state index in [4.69, 9.17) is 0 Å². The Bertz CT molecular complexity index is 351. The van der Waals surface area contributed by atoms with Crippen LogP contribution in [0.2, 0.25) is 0 Å². The Balaban J connectivity index is 0.000000605. The van der Waals surface area contributed by atoms with Crippen LogP contribution in [-0.4, -0.2) is 4.98 Å². The van der Waals surface area contributed by atoms with Crippen molar-refractivity contribution in [2.75, 3.05) is 0 Å². The minimum atomic E-state index is 0. The van der Waals surface area contributed by atoms with Gasteiger partial charge < -0.3 is 4.98 Å². The number of fused-ring (bicyclic) bond motifs is 1. The summed E-state index contributed by atoms with van der Waals surface area (Å²) in [4.78, 5) is 3.13. The molecule has 2 rings (SSSR count). The third-order valence-electron chi connectivity index (χ3n) is 1.67. The van der Waals surface area contributed by atoms with E-state index in [1.165, 1.54) is 5.39 Å². The first-order valence-electron chi connectivity index (χ1n) is 3.26. The number of aromatic nitrogens is 1. The van der Waals surface area contributed by atoms with E-state index in [9.17, 15) is 0 Å². The van der Waals surface area contributed by atoms with Crippen molar-refractivity contribution < 1.29 is 32.7 Å². The fourth-order valence-corrected chi connectivity index (χ4v) is 1.13. The number of aromatic amines is 1. The molecule has 0 amide bonds. The average Bonchev–Trinajstić information content (AvgIpc) is 2.34. The van der Waals surface area contributed by atoms with E-state index in [1.807, 2.05) is 24.4 Å². The second-order valence-corrected chi connectivity index (χ2v) is 2.36. The molecule has 0 unspecified atom stereocenters. The second-order valence-electron chi connectivity index (χ2n) is 2.36. The van der Waals surface area contributed by atoms with Crippen LogP contribution in [0.5, 0.6) is 0 Å². The zero-order valence-electron chi connectivity index (χ0n) is 6.17. The Labute approximate surface area is 91.1 Å². The first-order valence-corrected chi connectivity index (χ1v) is 3.26. The normalized spacial score (nSPS) is 9.45. The van der Waals surface area contributed by atoms with Gasteiger partial charge in [-0.1, -0.05) is 18.2 Å². The standard InChI is InChI=1S/C9H8N.Y/c1-7-6-10-9-5-3-2-4-8(7)9;/h2-6,10H,1H2;/q-1;. The molecule has 53 valence electrons. The first kappa shape index (κ1) is 8.83. The Kier molecular flexibility index (Phi) is 2.74. The molecule has 0 aliphatic carbocycles. The van der Waals surface area contributed by atoms with E-state index in [0.29, 0.717) is 0 Å². The molecule has 1 radical (unpaired) electrons. The van der Waals surface area contributed by atoms with Crippen LogP contribution < -0.4 is 0 Å². The van der Waals surface area contributed by atoms with Crippen LogP contribution in [0.1, 0.15) is 5.56 Å². The molecular weight excluding hydrogens is 211 g/mol. The van der Waals surface area contributed by atoms with Gasteiger partial charge in [0.25, 0.3) is 0 Å². The minimum absolute atomic E-state index is 0. The van der Waals surface area contributed by atoms with Gasteiger partial charge in [-0.05, 0) is 5.52 Å². The fraction of sp³-hybridized carbons (Fsp3) is 0. The fourth-order valence-electron chi connectivity index (χ4n) is 1.13. The van der Waals surface area contributed by atoms with Gasteiger partial charge in [0.15, 0.2) is 0 Å². The van der Waals surface area contributed by atoms with Crippen molar-refractivity contribution in [3.05, 3.63) is 42.9 Å². The molecule has 0 saturated heterocycles. The zero-order valence-corrected chi connectivity index (χ0v) is 9.01. The quantitative estimate of drug-likeness (QED) is 0.654. The molecule has 0 aliphatic heterocycles. The van der Waals surface area contributed by atoms with Gasteiger partial charge in [-0.3, -0.25) is 0 Å². The van der Waals surface area contributed by atoms with Crippen LogP contribution in [0.4, 0.5) is 0 Å². The van der Waals surface area contributed by atoms with E-state index in [0.717, 1.165) is 11.1 Å². The van der Waals surface area contributed by atoms with Crippen LogP contribution in [0.25, 0.3) is 10.9 Å². The number of hydrogen-bond donors (Lipinski definition) is 1. The Morgan fingerprint density at radius 3 is 2.64 bits per heavy atom. The molecule has 0 saturated carbocycles. The Morgan fingerprint density at radius 2 is 1.91 bits per heavy atom. The summed E-state index contributed by atoms with van der Waals surface area (Å²) in [7, 11) is 0. The van der Waals surface area contributed by atoms with Crippen molar-refractivity contribution in [1.29, 1.82) is 0 Å². The molecule has 0 spiro atoms. The van der Waals surface area contributed by atoms with Crippen LogP contribution in [0.3, 0.4) is 0 Å². The predicted octanol–water partition coefficient (Wildman–Crippen LogP) is 2.35. The number of para-hydroxylation sites is 1. The van der Waals surface area contributed by atoms with Gasteiger partial charge in [0.2, 0.25) is 0 Å². The van der Waals surface area contributed by atoms with Gasteiger partial charge in [0.1, 0.15) is 0 Å². The van der Waals surface area contributed by atoms with Crippen LogP contribution in [0, 0.1) is 6.92 Å². The number of hydrogen-bond acceptors (Lipinski definition) is 0. The van der Waals surface area contributed by atoms with Gasteiger partial charge in [-0.2, -0.15) is 12.5 Å². The zero-order chi connectivity index (χ0) is 6.97. The molecule has 0 aliphatic rings. The molecule has 1 N–H and O–H groups in total. The summed E-state index contributed by atoms with van der Waals surface area (Å²) in [6, 6.07) is 8.14. The molecule has 1 heterocycles. The first-order chi connectivity index (χ1) is 4.88. The largest absolute Gasteiger partial charge is 0.424 e. The average molecular weight is 219 g/mol. The molecular formula is C9H8NY-. The van der Waals surface area contributed by atoms with Gasteiger partial charge in [0, 0.05) is 32.7 Å². The smallest absolute Gasteiger partial charge is 0 e. The van der Waals surface area contributed by atoms with Gasteiger partial charge >= 0.3 is 0 Å². The Morgan fingerprint density at radius 1 is 1.18 bits per heavy atom. The van der Waals surface area contributed by atoms with E-state index >= 15 is 0 Å². The van der Waals surface area contributed by atoms with E-state index in [-0.39, 0.29) is 32.7 Å². The van der Waals surface area contributed by atoms with Crippen molar-refractivity contribution in [3.63, 3.8) is 0 Å². The summed E-state index contributed by atoms with van der Waals surface area (Å²) in [5, 5.41) is 1.21. The molecule has 0 bridgehead atoms. The van der Waals surface area contributed by atoms with Gasteiger partial charge in [0.05, 0.1) is 0 Å².